The summed E-state index contributed by atoms with van der Waals surface area (Å²) in [5, 5.41) is 3.19. The second-order valence-electron chi connectivity index (χ2n) is 5.41. The number of nitrogens with one attached hydrogen (secondary N) is 1. The Labute approximate surface area is 151 Å². The van der Waals surface area contributed by atoms with Crippen LogP contribution in [0.4, 0.5) is 5.69 Å². The maximum absolute atomic E-state index is 12.4. The third-order valence-electron chi connectivity index (χ3n) is 3.57. The molecule has 0 fully saturated rings. The standard InChI is InChI=1S/C19H18ClNO4/c1-2-8-23-14-6-4-13(5-7-14)19(22)21-16-12-18-17(11-15(16)20)24-9-3-10-25-18/h2,4-7,11-12H,1,3,8-10H2,(H,21,22). The van der Waals surface area contributed by atoms with Crippen LogP contribution in [-0.4, -0.2) is 25.7 Å². The van der Waals surface area contributed by atoms with E-state index in [-0.39, 0.29) is 5.91 Å². The van der Waals surface area contributed by atoms with E-state index in [2.05, 4.69) is 11.9 Å². The van der Waals surface area contributed by atoms with E-state index < -0.39 is 0 Å². The Morgan fingerprint density at radius 1 is 1.20 bits per heavy atom. The summed E-state index contributed by atoms with van der Waals surface area (Å²) >= 11 is 6.25. The highest BCUT2D eigenvalue weighted by atomic mass is 35.5. The minimum absolute atomic E-state index is 0.272. The molecule has 1 amide bonds. The molecule has 2 aromatic carbocycles. The number of amides is 1. The molecule has 5 nitrogen and oxygen atoms in total. The third kappa shape index (κ3) is 4.25. The van der Waals surface area contributed by atoms with Crippen LogP contribution in [0.15, 0.2) is 49.1 Å². The summed E-state index contributed by atoms with van der Waals surface area (Å²) in [7, 11) is 0. The highest BCUT2D eigenvalue weighted by molar-refractivity contribution is 6.34. The van der Waals surface area contributed by atoms with Gasteiger partial charge >= 0.3 is 0 Å². The molecule has 0 saturated carbocycles. The van der Waals surface area contributed by atoms with Gasteiger partial charge in [0.25, 0.3) is 5.91 Å². The fourth-order valence-corrected chi connectivity index (χ4v) is 2.53. The molecular weight excluding hydrogens is 342 g/mol. The summed E-state index contributed by atoms with van der Waals surface area (Å²) in [6.45, 7) is 5.15. The summed E-state index contributed by atoms with van der Waals surface area (Å²) in [6, 6.07) is 10.2. The Morgan fingerprint density at radius 3 is 2.56 bits per heavy atom. The molecule has 0 atom stereocenters. The molecule has 3 rings (SSSR count). The third-order valence-corrected chi connectivity index (χ3v) is 3.88. The number of anilines is 1. The number of hydrogen-bond acceptors (Lipinski definition) is 4. The monoisotopic (exact) mass is 359 g/mol. The largest absolute Gasteiger partial charge is 0.490 e. The zero-order valence-electron chi connectivity index (χ0n) is 13.6. The first-order valence-electron chi connectivity index (χ1n) is 7.91. The summed E-state index contributed by atoms with van der Waals surface area (Å²) in [6.07, 6.45) is 2.46. The van der Waals surface area contributed by atoms with Crippen molar-refractivity contribution in [3.05, 3.63) is 59.6 Å². The van der Waals surface area contributed by atoms with Gasteiger partial charge in [0.05, 0.1) is 23.9 Å². The Kier molecular flexibility index (Phi) is 5.46. The highest BCUT2D eigenvalue weighted by Crippen LogP contribution is 2.37. The molecule has 0 aliphatic carbocycles. The lowest BCUT2D eigenvalue weighted by atomic mass is 10.2. The van der Waals surface area contributed by atoms with Crippen LogP contribution in [0.25, 0.3) is 0 Å². The first-order chi connectivity index (χ1) is 12.2. The fraction of sp³-hybridized carbons (Fsp3) is 0.211. The van der Waals surface area contributed by atoms with Crippen molar-refractivity contribution in [1.82, 2.24) is 0 Å². The van der Waals surface area contributed by atoms with Crippen LogP contribution in [0.3, 0.4) is 0 Å². The number of rotatable bonds is 5. The quantitative estimate of drug-likeness (QED) is 0.808. The summed E-state index contributed by atoms with van der Waals surface area (Å²) in [4.78, 5) is 12.4. The van der Waals surface area contributed by atoms with Crippen LogP contribution < -0.4 is 19.5 Å². The van der Waals surface area contributed by atoms with Crippen LogP contribution in [-0.2, 0) is 0 Å². The minimum atomic E-state index is -0.272. The maximum atomic E-state index is 12.4. The Morgan fingerprint density at radius 2 is 1.88 bits per heavy atom. The predicted molar refractivity (Wildman–Crippen MR) is 97.1 cm³/mol. The highest BCUT2D eigenvalue weighted by Gasteiger charge is 2.16. The molecule has 1 N–H and O–H groups in total. The summed E-state index contributed by atoms with van der Waals surface area (Å²) in [5.74, 6) is 1.56. The Bertz CT molecular complexity index is 774. The van der Waals surface area contributed by atoms with Gasteiger partial charge in [0.15, 0.2) is 11.5 Å². The molecule has 130 valence electrons. The van der Waals surface area contributed by atoms with Gasteiger partial charge in [-0.3, -0.25) is 4.79 Å². The lowest BCUT2D eigenvalue weighted by Crippen LogP contribution is -2.12. The van der Waals surface area contributed by atoms with Crippen molar-refractivity contribution >= 4 is 23.2 Å². The van der Waals surface area contributed by atoms with Crippen LogP contribution in [0.5, 0.6) is 17.2 Å². The van der Waals surface area contributed by atoms with Crippen molar-refractivity contribution in [1.29, 1.82) is 0 Å². The zero-order valence-corrected chi connectivity index (χ0v) is 14.3. The summed E-state index contributed by atoms with van der Waals surface area (Å²) < 4.78 is 16.6. The second-order valence-corrected chi connectivity index (χ2v) is 5.81. The van der Waals surface area contributed by atoms with Crippen molar-refractivity contribution in [3.8, 4) is 17.2 Å². The molecule has 0 unspecified atom stereocenters. The molecule has 0 saturated heterocycles. The number of carbonyl (C=O) groups is 1. The fourth-order valence-electron chi connectivity index (χ4n) is 2.33. The smallest absolute Gasteiger partial charge is 0.255 e. The van der Waals surface area contributed by atoms with E-state index in [0.29, 0.717) is 53.3 Å². The number of hydrogen-bond donors (Lipinski definition) is 1. The molecule has 0 radical (unpaired) electrons. The van der Waals surface area contributed by atoms with E-state index in [9.17, 15) is 4.79 Å². The number of halogens is 1. The van der Waals surface area contributed by atoms with Crippen molar-refractivity contribution in [2.24, 2.45) is 0 Å². The van der Waals surface area contributed by atoms with Gasteiger partial charge in [0, 0.05) is 24.1 Å². The molecule has 0 aromatic heterocycles. The molecule has 1 aliphatic rings. The maximum Gasteiger partial charge on any atom is 0.255 e. The zero-order chi connectivity index (χ0) is 17.6. The Hall–Kier alpha value is -2.66. The molecule has 1 heterocycles. The van der Waals surface area contributed by atoms with Crippen molar-refractivity contribution < 1.29 is 19.0 Å². The molecular formula is C19H18ClNO4. The van der Waals surface area contributed by atoms with Crippen LogP contribution in [0, 0.1) is 0 Å². The van der Waals surface area contributed by atoms with Gasteiger partial charge in [-0.05, 0) is 24.3 Å². The normalized spacial score (nSPS) is 12.8. The van der Waals surface area contributed by atoms with E-state index in [1.54, 1.807) is 42.5 Å². The molecule has 0 spiro atoms. The van der Waals surface area contributed by atoms with E-state index in [0.717, 1.165) is 6.42 Å². The van der Waals surface area contributed by atoms with E-state index in [1.165, 1.54) is 0 Å². The van der Waals surface area contributed by atoms with Gasteiger partial charge in [0.2, 0.25) is 0 Å². The topological polar surface area (TPSA) is 56.8 Å². The van der Waals surface area contributed by atoms with Crippen LogP contribution in [0.1, 0.15) is 16.8 Å². The van der Waals surface area contributed by atoms with Gasteiger partial charge in [-0.1, -0.05) is 24.3 Å². The summed E-state index contributed by atoms with van der Waals surface area (Å²) in [5.41, 5.74) is 0.969. The minimum Gasteiger partial charge on any atom is -0.490 e. The molecule has 1 aliphatic heterocycles. The molecule has 6 heteroatoms. The van der Waals surface area contributed by atoms with E-state index in [4.69, 9.17) is 25.8 Å². The van der Waals surface area contributed by atoms with E-state index in [1.807, 2.05) is 0 Å². The average molecular weight is 360 g/mol. The van der Waals surface area contributed by atoms with E-state index >= 15 is 0 Å². The van der Waals surface area contributed by atoms with Gasteiger partial charge < -0.3 is 19.5 Å². The van der Waals surface area contributed by atoms with Crippen molar-refractivity contribution in [2.45, 2.75) is 6.42 Å². The second kappa shape index (κ2) is 7.94. The Balaban J connectivity index is 1.74. The lowest BCUT2D eigenvalue weighted by Gasteiger charge is -2.12. The van der Waals surface area contributed by atoms with Gasteiger partial charge in [0.1, 0.15) is 12.4 Å². The van der Waals surface area contributed by atoms with Gasteiger partial charge in [-0.15, -0.1) is 0 Å². The molecule has 0 bridgehead atoms. The molecule has 25 heavy (non-hydrogen) atoms. The van der Waals surface area contributed by atoms with Gasteiger partial charge in [-0.2, -0.15) is 0 Å². The number of carbonyl (C=O) groups excluding carboxylic acids is 1. The van der Waals surface area contributed by atoms with Crippen molar-refractivity contribution in [2.75, 3.05) is 25.1 Å². The first kappa shape index (κ1) is 17.2. The molecule has 2 aromatic rings. The first-order valence-corrected chi connectivity index (χ1v) is 8.29. The number of fused-ring (bicyclic) bond motifs is 1. The predicted octanol–water partition coefficient (Wildman–Crippen LogP) is 4.32. The van der Waals surface area contributed by atoms with Gasteiger partial charge in [-0.25, -0.2) is 0 Å². The number of ether oxygens (including phenoxy) is 3. The number of benzene rings is 2. The lowest BCUT2D eigenvalue weighted by molar-refractivity contribution is 0.102. The SMILES string of the molecule is C=CCOc1ccc(C(=O)Nc2cc3c(cc2Cl)OCCCO3)cc1. The van der Waals surface area contributed by atoms with Crippen molar-refractivity contribution in [3.63, 3.8) is 0 Å². The van der Waals surface area contributed by atoms with Crippen LogP contribution in [0.2, 0.25) is 5.02 Å². The van der Waals surface area contributed by atoms with Crippen LogP contribution >= 0.6 is 11.6 Å². The average Bonchev–Trinajstić information content (AvgIpc) is 2.85.